The van der Waals surface area contributed by atoms with Crippen molar-refractivity contribution in [1.29, 1.82) is 0 Å². The lowest BCUT2D eigenvalue weighted by Gasteiger charge is -2.53. The smallest absolute Gasteiger partial charge is 0.163 e. The van der Waals surface area contributed by atoms with E-state index in [4.69, 9.17) is 4.99 Å². The second-order valence-electron chi connectivity index (χ2n) is 10.2. The van der Waals surface area contributed by atoms with Crippen LogP contribution in [0.25, 0.3) is 11.3 Å². The maximum atomic E-state index is 12.4. The van der Waals surface area contributed by atoms with E-state index in [9.17, 15) is 9.59 Å². The molecular formula is C32H30N2O2. The van der Waals surface area contributed by atoms with Crippen molar-refractivity contribution in [3.63, 3.8) is 0 Å². The Morgan fingerprint density at radius 2 is 1.58 bits per heavy atom. The second-order valence-corrected chi connectivity index (χ2v) is 10.2. The zero-order chi connectivity index (χ0) is 24.9. The predicted octanol–water partition coefficient (Wildman–Crippen LogP) is 5.18. The largest absolute Gasteiger partial charge is 0.314 e. The molecule has 180 valence electrons. The molecule has 0 amide bonds. The number of nitrogens with zero attached hydrogens (tertiary/aromatic N) is 2. The van der Waals surface area contributed by atoms with E-state index in [1.54, 1.807) is 0 Å². The van der Waals surface area contributed by atoms with E-state index in [0.29, 0.717) is 11.1 Å². The molecule has 4 heteroatoms. The van der Waals surface area contributed by atoms with Crippen molar-refractivity contribution in [3.05, 3.63) is 107 Å². The minimum Gasteiger partial charge on any atom is -0.314 e. The van der Waals surface area contributed by atoms with E-state index in [1.165, 1.54) is 25.8 Å². The molecule has 0 radical (unpaired) electrons. The molecule has 1 saturated carbocycles. The summed E-state index contributed by atoms with van der Waals surface area (Å²) in [4.78, 5) is 32.7. The zero-order valence-corrected chi connectivity index (χ0v) is 20.8. The Kier molecular flexibility index (Phi) is 5.48. The maximum absolute atomic E-state index is 12.4. The number of Topliss-reactive ketones (excluding diaryl/α,β-unsaturated/α-hetero) is 2. The molecule has 0 aromatic heterocycles. The topological polar surface area (TPSA) is 49.7 Å². The van der Waals surface area contributed by atoms with E-state index in [0.717, 1.165) is 41.6 Å². The highest BCUT2D eigenvalue weighted by molar-refractivity contribution is 6.39. The number of ketones is 2. The standard InChI is InChI=1S/C32H30N2O2/c1-21(35)31(22(2)36)25-16-17-28-30(19-25)34-29(24-13-7-4-8-14-24)20-26(23-11-5-3-6-12-23)27-15-9-10-18-32(27,34)33-28/h3-8,11-14,16-17,19-20,26-27H,9-10,15,18H2,1-2H3/t26-,27+,32-/m1/s1. The number of hydrogen-bond acceptors (Lipinski definition) is 4. The lowest BCUT2D eigenvalue weighted by molar-refractivity contribution is -0.116. The molecule has 2 heterocycles. The molecule has 4 nitrogen and oxygen atoms in total. The quantitative estimate of drug-likeness (QED) is 0.490. The normalized spacial score (nSPS) is 24.1. The lowest BCUT2D eigenvalue weighted by Crippen LogP contribution is -2.55. The van der Waals surface area contributed by atoms with Gasteiger partial charge >= 0.3 is 0 Å². The highest BCUT2D eigenvalue weighted by Gasteiger charge is 2.55. The summed E-state index contributed by atoms with van der Waals surface area (Å²) in [5, 5.41) is 1.61. The lowest BCUT2D eigenvalue weighted by atomic mass is 9.66. The molecule has 3 aromatic carbocycles. The van der Waals surface area contributed by atoms with Gasteiger partial charge in [0.15, 0.2) is 11.6 Å². The molecule has 2 aliphatic heterocycles. The van der Waals surface area contributed by atoms with Crippen molar-refractivity contribution in [2.45, 2.75) is 51.1 Å². The Bertz CT molecular complexity index is 1490. The van der Waals surface area contributed by atoms with Crippen LogP contribution in [0.4, 0.5) is 5.69 Å². The van der Waals surface area contributed by atoms with Gasteiger partial charge in [0.1, 0.15) is 5.66 Å². The highest BCUT2D eigenvalue weighted by atomic mass is 16.1. The van der Waals surface area contributed by atoms with E-state index in [1.807, 2.05) is 24.3 Å². The van der Waals surface area contributed by atoms with Crippen LogP contribution < -0.4 is 15.5 Å². The van der Waals surface area contributed by atoms with Crippen LogP contribution in [0, 0.1) is 5.92 Å². The van der Waals surface area contributed by atoms with Crippen LogP contribution in [0.15, 0.2) is 89.9 Å². The third-order valence-corrected chi connectivity index (χ3v) is 8.08. The number of rotatable bonds is 4. The zero-order valence-electron chi connectivity index (χ0n) is 20.8. The summed E-state index contributed by atoms with van der Waals surface area (Å²) < 4.78 is 0. The van der Waals surface area contributed by atoms with Gasteiger partial charge in [-0.25, -0.2) is 0 Å². The number of carbonyl (C=O) groups is 2. The van der Waals surface area contributed by atoms with Crippen molar-refractivity contribution in [2.75, 3.05) is 4.90 Å². The van der Waals surface area contributed by atoms with Crippen LogP contribution in [0.3, 0.4) is 0 Å². The molecule has 6 rings (SSSR count). The highest BCUT2D eigenvalue weighted by Crippen LogP contribution is 2.55. The summed E-state index contributed by atoms with van der Waals surface area (Å²) in [5.74, 6) is 0.182. The van der Waals surface area contributed by atoms with Crippen LogP contribution in [0.5, 0.6) is 0 Å². The van der Waals surface area contributed by atoms with Crippen molar-refractivity contribution in [3.8, 4) is 0 Å². The van der Waals surface area contributed by atoms with Gasteiger partial charge in [-0.1, -0.05) is 79.2 Å². The maximum Gasteiger partial charge on any atom is 0.163 e. The summed E-state index contributed by atoms with van der Waals surface area (Å²) in [6.07, 6.45) is 6.83. The average Bonchev–Trinajstić information content (AvgIpc) is 3.21. The van der Waals surface area contributed by atoms with Crippen LogP contribution in [0.2, 0.25) is 0 Å². The summed E-state index contributed by atoms with van der Waals surface area (Å²) in [6, 6.07) is 27.2. The van der Waals surface area contributed by atoms with Gasteiger partial charge in [-0.15, -0.1) is 0 Å². The minimum atomic E-state index is -0.383. The number of anilines is 1. The molecule has 1 spiro atoms. The Hall–Kier alpha value is -3.79. The first kappa shape index (κ1) is 22.7. The Morgan fingerprint density at radius 1 is 0.889 bits per heavy atom. The molecule has 0 unspecified atom stereocenters. The van der Waals surface area contributed by atoms with Gasteiger partial charge in [0, 0.05) is 17.5 Å². The fourth-order valence-corrected chi connectivity index (χ4v) is 6.66. The second kappa shape index (κ2) is 8.70. The fraction of sp³-hybridized carbons (Fsp3) is 0.281. The van der Waals surface area contributed by atoms with Crippen LogP contribution >= 0.6 is 0 Å². The Morgan fingerprint density at radius 3 is 2.28 bits per heavy atom. The summed E-state index contributed by atoms with van der Waals surface area (Å²) >= 11 is 0. The fourth-order valence-electron chi connectivity index (χ4n) is 6.66. The summed E-state index contributed by atoms with van der Waals surface area (Å²) in [7, 11) is 0. The SMILES string of the molecule is CC(=O)C(C(C)=O)=c1ccc2c(c1)N1C(c3ccccc3)=C[C@H](c3ccccc3)[C@@H]3CCCC[C@]31N=2. The minimum absolute atomic E-state index is 0.204. The van der Waals surface area contributed by atoms with Gasteiger partial charge in [0.2, 0.25) is 0 Å². The first-order chi connectivity index (χ1) is 17.5. The van der Waals surface area contributed by atoms with Gasteiger partial charge < -0.3 is 4.90 Å². The summed E-state index contributed by atoms with van der Waals surface area (Å²) in [6.45, 7) is 2.93. The van der Waals surface area contributed by atoms with Crippen molar-refractivity contribution < 1.29 is 9.59 Å². The van der Waals surface area contributed by atoms with Gasteiger partial charge in [-0.3, -0.25) is 14.6 Å². The summed E-state index contributed by atoms with van der Waals surface area (Å²) in [5.41, 5.74) is 4.48. The molecule has 0 bridgehead atoms. The number of fused-ring (bicyclic) bond motifs is 2. The van der Waals surface area contributed by atoms with Gasteiger partial charge in [0.25, 0.3) is 0 Å². The first-order valence-electron chi connectivity index (χ1n) is 12.9. The third kappa shape index (κ3) is 3.47. The number of allylic oxidation sites excluding steroid dienone is 1. The van der Waals surface area contributed by atoms with Crippen molar-refractivity contribution in [1.82, 2.24) is 0 Å². The molecule has 1 aliphatic carbocycles. The molecule has 3 aliphatic rings. The van der Waals surface area contributed by atoms with Crippen LogP contribution in [-0.2, 0) is 9.59 Å². The number of hydrogen-bond donors (Lipinski definition) is 0. The van der Waals surface area contributed by atoms with Crippen molar-refractivity contribution >= 4 is 28.5 Å². The Labute approximate surface area is 211 Å². The van der Waals surface area contributed by atoms with Gasteiger partial charge in [-0.05, 0) is 61.6 Å². The Balaban J connectivity index is 1.64. The monoisotopic (exact) mass is 474 g/mol. The molecule has 36 heavy (non-hydrogen) atoms. The van der Waals surface area contributed by atoms with E-state index in [-0.39, 0.29) is 28.7 Å². The molecule has 0 N–H and O–H groups in total. The molecular weight excluding hydrogens is 444 g/mol. The average molecular weight is 475 g/mol. The van der Waals surface area contributed by atoms with E-state index in [2.05, 4.69) is 65.6 Å². The van der Waals surface area contributed by atoms with E-state index < -0.39 is 0 Å². The van der Waals surface area contributed by atoms with E-state index >= 15 is 0 Å². The third-order valence-electron chi connectivity index (χ3n) is 8.08. The molecule has 1 fully saturated rings. The predicted molar refractivity (Wildman–Crippen MR) is 143 cm³/mol. The van der Waals surface area contributed by atoms with Gasteiger partial charge in [-0.2, -0.15) is 0 Å². The van der Waals surface area contributed by atoms with Crippen LogP contribution in [-0.4, -0.2) is 17.2 Å². The molecule has 0 saturated heterocycles. The first-order valence-corrected chi connectivity index (χ1v) is 12.9. The van der Waals surface area contributed by atoms with Gasteiger partial charge in [0.05, 0.1) is 16.6 Å². The van der Waals surface area contributed by atoms with Crippen molar-refractivity contribution in [2.24, 2.45) is 10.9 Å². The van der Waals surface area contributed by atoms with Crippen LogP contribution in [0.1, 0.15) is 56.6 Å². The molecule has 3 atom stereocenters. The number of benzene rings is 3. The number of carbonyl (C=O) groups excluding carboxylic acids is 2. The molecule has 3 aromatic rings.